The van der Waals surface area contributed by atoms with Crippen molar-refractivity contribution in [1.29, 1.82) is 0 Å². The molecule has 1 aromatic carbocycles. The highest BCUT2D eigenvalue weighted by molar-refractivity contribution is 6.05. The van der Waals surface area contributed by atoms with Crippen LogP contribution in [0.3, 0.4) is 0 Å². The Balaban J connectivity index is 1.60. The molecule has 4 nitrogen and oxygen atoms in total. The highest BCUT2D eigenvalue weighted by Crippen LogP contribution is 2.48. The van der Waals surface area contributed by atoms with Crippen LogP contribution in [0.2, 0.25) is 0 Å². The van der Waals surface area contributed by atoms with Gasteiger partial charge in [0.25, 0.3) is 5.91 Å². The highest BCUT2D eigenvalue weighted by atomic mass is 16.3. The van der Waals surface area contributed by atoms with Crippen LogP contribution in [0.15, 0.2) is 30.5 Å². The summed E-state index contributed by atoms with van der Waals surface area (Å²) in [5.74, 6) is 1.33. The first kappa shape index (κ1) is 12.9. The van der Waals surface area contributed by atoms with Crippen LogP contribution in [0.25, 0.3) is 10.9 Å². The second kappa shape index (κ2) is 4.88. The van der Waals surface area contributed by atoms with Crippen molar-refractivity contribution in [2.45, 2.75) is 25.3 Å². The number of para-hydroxylation sites is 1. The molecule has 4 heteroatoms. The van der Waals surface area contributed by atoms with Crippen molar-refractivity contribution in [1.82, 2.24) is 10.3 Å². The number of amides is 1. The van der Waals surface area contributed by atoms with Gasteiger partial charge in [-0.1, -0.05) is 12.1 Å². The standard InChI is InChI=1S/C17H20N2O2/c20-9-14-11-4-5-12(8-11)16(14)19-17(21)13-3-1-2-10-6-7-18-15(10)13/h1-3,6-7,11-12,14,16,18,20H,4-5,8-9H2,(H,19,21). The Morgan fingerprint density at radius 1 is 1.29 bits per heavy atom. The van der Waals surface area contributed by atoms with Crippen molar-refractivity contribution in [3.05, 3.63) is 36.0 Å². The first-order valence-corrected chi connectivity index (χ1v) is 7.75. The van der Waals surface area contributed by atoms with Gasteiger partial charge in [-0.15, -0.1) is 0 Å². The monoisotopic (exact) mass is 284 g/mol. The van der Waals surface area contributed by atoms with Crippen LogP contribution >= 0.6 is 0 Å². The molecule has 4 rings (SSSR count). The average molecular weight is 284 g/mol. The number of carbonyl (C=O) groups is 1. The molecule has 4 unspecified atom stereocenters. The molecule has 2 saturated carbocycles. The van der Waals surface area contributed by atoms with Crippen LogP contribution < -0.4 is 5.32 Å². The molecule has 1 heterocycles. The van der Waals surface area contributed by atoms with Gasteiger partial charge in [-0.25, -0.2) is 0 Å². The van der Waals surface area contributed by atoms with Gasteiger partial charge in [-0.05, 0) is 43.2 Å². The molecule has 2 aromatic rings. The molecule has 1 aromatic heterocycles. The van der Waals surface area contributed by atoms with Crippen LogP contribution in [0.5, 0.6) is 0 Å². The molecule has 0 aliphatic heterocycles. The minimum Gasteiger partial charge on any atom is -0.396 e. The number of aliphatic hydroxyl groups excluding tert-OH is 1. The van der Waals surface area contributed by atoms with Gasteiger partial charge < -0.3 is 15.4 Å². The lowest BCUT2D eigenvalue weighted by Crippen LogP contribution is -2.45. The van der Waals surface area contributed by atoms with Crippen molar-refractivity contribution in [2.75, 3.05) is 6.61 Å². The zero-order valence-corrected chi connectivity index (χ0v) is 11.9. The fraction of sp³-hybridized carbons (Fsp3) is 0.471. The number of rotatable bonds is 3. The summed E-state index contributed by atoms with van der Waals surface area (Å²) in [6.45, 7) is 0.179. The van der Waals surface area contributed by atoms with E-state index in [-0.39, 0.29) is 24.5 Å². The summed E-state index contributed by atoms with van der Waals surface area (Å²) >= 11 is 0. The van der Waals surface area contributed by atoms with E-state index in [1.165, 1.54) is 12.8 Å². The Kier molecular flexibility index (Phi) is 3.00. The molecule has 4 atom stereocenters. The van der Waals surface area contributed by atoms with Gasteiger partial charge >= 0.3 is 0 Å². The van der Waals surface area contributed by atoms with Crippen molar-refractivity contribution in [3.63, 3.8) is 0 Å². The number of aromatic amines is 1. The molecular weight excluding hydrogens is 264 g/mol. The fourth-order valence-electron chi connectivity index (χ4n) is 4.40. The molecule has 0 saturated heterocycles. The molecule has 0 spiro atoms. The van der Waals surface area contributed by atoms with E-state index in [0.29, 0.717) is 17.4 Å². The first-order valence-electron chi connectivity index (χ1n) is 7.75. The third kappa shape index (κ3) is 1.97. The van der Waals surface area contributed by atoms with Gasteiger partial charge in [0.2, 0.25) is 0 Å². The third-order valence-electron chi connectivity index (χ3n) is 5.43. The molecule has 110 valence electrons. The molecule has 0 radical (unpaired) electrons. The van der Waals surface area contributed by atoms with Crippen LogP contribution in [0.4, 0.5) is 0 Å². The summed E-state index contributed by atoms with van der Waals surface area (Å²) in [7, 11) is 0. The normalized spacial score (nSPS) is 30.9. The maximum atomic E-state index is 12.6. The van der Waals surface area contributed by atoms with Gasteiger partial charge in [-0.3, -0.25) is 4.79 Å². The van der Waals surface area contributed by atoms with Gasteiger partial charge in [0, 0.05) is 30.1 Å². The van der Waals surface area contributed by atoms with E-state index >= 15 is 0 Å². The summed E-state index contributed by atoms with van der Waals surface area (Å²) in [6, 6.07) is 7.87. The summed E-state index contributed by atoms with van der Waals surface area (Å²) < 4.78 is 0. The molecule has 2 aliphatic rings. The Labute approximate surface area is 123 Å². The van der Waals surface area contributed by atoms with E-state index in [9.17, 15) is 9.90 Å². The van der Waals surface area contributed by atoms with Gasteiger partial charge in [0.1, 0.15) is 0 Å². The Hall–Kier alpha value is -1.81. The Morgan fingerprint density at radius 3 is 3.00 bits per heavy atom. The Morgan fingerprint density at radius 2 is 2.14 bits per heavy atom. The van der Waals surface area contributed by atoms with Crippen molar-refractivity contribution in [3.8, 4) is 0 Å². The fourth-order valence-corrected chi connectivity index (χ4v) is 4.40. The van der Waals surface area contributed by atoms with Crippen molar-refractivity contribution < 1.29 is 9.90 Å². The van der Waals surface area contributed by atoms with Crippen LogP contribution in [-0.4, -0.2) is 28.6 Å². The van der Waals surface area contributed by atoms with Crippen molar-refractivity contribution >= 4 is 16.8 Å². The summed E-state index contributed by atoms with van der Waals surface area (Å²) in [5, 5.41) is 13.9. The summed E-state index contributed by atoms with van der Waals surface area (Å²) in [5.41, 5.74) is 1.58. The average Bonchev–Trinajstić information content (AvgIpc) is 3.21. The number of hydrogen-bond acceptors (Lipinski definition) is 2. The topological polar surface area (TPSA) is 65.1 Å². The number of fused-ring (bicyclic) bond motifs is 3. The van der Waals surface area contributed by atoms with E-state index in [1.807, 2.05) is 30.5 Å². The van der Waals surface area contributed by atoms with Gasteiger partial charge in [-0.2, -0.15) is 0 Å². The minimum absolute atomic E-state index is 0.0287. The number of H-pyrrole nitrogens is 1. The largest absolute Gasteiger partial charge is 0.396 e. The van der Waals surface area contributed by atoms with Gasteiger partial charge in [0.15, 0.2) is 0 Å². The lowest BCUT2D eigenvalue weighted by Gasteiger charge is -2.30. The maximum Gasteiger partial charge on any atom is 0.253 e. The van der Waals surface area contributed by atoms with Crippen LogP contribution in [-0.2, 0) is 0 Å². The van der Waals surface area contributed by atoms with E-state index < -0.39 is 0 Å². The second-order valence-corrected chi connectivity index (χ2v) is 6.43. The number of aromatic nitrogens is 1. The molecule has 2 aliphatic carbocycles. The van der Waals surface area contributed by atoms with Crippen molar-refractivity contribution in [2.24, 2.45) is 17.8 Å². The highest BCUT2D eigenvalue weighted by Gasteiger charge is 2.47. The number of aliphatic hydroxyl groups is 1. The number of nitrogens with one attached hydrogen (secondary N) is 2. The van der Waals surface area contributed by atoms with E-state index in [1.54, 1.807) is 0 Å². The SMILES string of the molecule is O=C(NC1C2CCC(C2)C1CO)c1cccc2cc[nH]c12. The number of carbonyl (C=O) groups excluding carboxylic acids is 1. The molecule has 21 heavy (non-hydrogen) atoms. The summed E-state index contributed by atoms with van der Waals surface area (Å²) in [6.07, 6.45) is 5.39. The molecule has 2 fully saturated rings. The first-order chi connectivity index (χ1) is 10.3. The lowest BCUT2D eigenvalue weighted by molar-refractivity contribution is 0.0863. The zero-order chi connectivity index (χ0) is 14.4. The third-order valence-corrected chi connectivity index (χ3v) is 5.43. The Bertz CT molecular complexity index is 678. The van der Waals surface area contributed by atoms with Gasteiger partial charge in [0.05, 0.1) is 11.1 Å². The molecule has 3 N–H and O–H groups in total. The van der Waals surface area contributed by atoms with E-state index in [0.717, 1.165) is 17.3 Å². The zero-order valence-electron chi connectivity index (χ0n) is 11.9. The molecule has 1 amide bonds. The quantitative estimate of drug-likeness (QED) is 0.809. The predicted octanol–water partition coefficient (Wildman–Crippen LogP) is 2.30. The molecule has 2 bridgehead atoms. The van der Waals surface area contributed by atoms with E-state index in [2.05, 4.69) is 10.3 Å². The number of hydrogen-bond donors (Lipinski definition) is 3. The lowest BCUT2D eigenvalue weighted by atomic mass is 9.85. The summed E-state index contributed by atoms with van der Waals surface area (Å²) in [4.78, 5) is 15.8. The minimum atomic E-state index is -0.0287. The van der Waals surface area contributed by atoms with Crippen LogP contribution in [0.1, 0.15) is 29.6 Å². The predicted molar refractivity (Wildman–Crippen MR) is 81.0 cm³/mol. The van der Waals surface area contributed by atoms with Crippen LogP contribution in [0, 0.1) is 17.8 Å². The molecular formula is C17H20N2O2. The maximum absolute atomic E-state index is 12.6. The number of benzene rings is 1. The van der Waals surface area contributed by atoms with E-state index in [4.69, 9.17) is 0 Å². The second-order valence-electron chi connectivity index (χ2n) is 6.43. The smallest absolute Gasteiger partial charge is 0.253 e.